The van der Waals surface area contributed by atoms with Gasteiger partial charge in [0, 0.05) is 43.7 Å². The first kappa shape index (κ1) is 17.5. The number of amides is 3. The molecule has 2 aromatic rings. The topological polar surface area (TPSA) is 52.7 Å². The Bertz CT molecular complexity index is 718. The fraction of sp³-hybridized carbons (Fsp3) is 0.368. The van der Waals surface area contributed by atoms with Crippen molar-refractivity contribution in [2.75, 3.05) is 27.2 Å². The first-order valence-corrected chi connectivity index (χ1v) is 9.33. The summed E-state index contributed by atoms with van der Waals surface area (Å²) in [5.41, 5.74) is 1.85. The molecule has 132 valence electrons. The van der Waals surface area contributed by atoms with Gasteiger partial charge in [-0.15, -0.1) is 11.3 Å². The molecule has 0 unspecified atom stereocenters. The van der Waals surface area contributed by atoms with Crippen molar-refractivity contribution in [2.45, 2.75) is 18.9 Å². The highest BCUT2D eigenvalue weighted by molar-refractivity contribution is 7.13. The van der Waals surface area contributed by atoms with E-state index in [0.717, 1.165) is 24.0 Å². The number of benzene rings is 1. The second-order valence-corrected chi connectivity index (χ2v) is 7.41. The highest BCUT2D eigenvalue weighted by atomic mass is 32.1. The highest BCUT2D eigenvalue weighted by Crippen LogP contribution is 2.25. The first-order valence-electron chi connectivity index (χ1n) is 8.45. The van der Waals surface area contributed by atoms with Gasteiger partial charge in [0.15, 0.2) is 0 Å². The molecule has 3 amide bonds. The van der Waals surface area contributed by atoms with E-state index in [4.69, 9.17) is 0 Å². The second kappa shape index (κ2) is 7.70. The number of nitrogens with one attached hydrogen (secondary N) is 1. The van der Waals surface area contributed by atoms with E-state index in [2.05, 4.69) is 11.4 Å². The number of nitrogens with zero attached hydrogens (tertiary/aromatic N) is 2. The summed E-state index contributed by atoms with van der Waals surface area (Å²) in [7, 11) is 3.46. The van der Waals surface area contributed by atoms with Crippen LogP contribution >= 0.6 is 11.3 Å². The average molecular weight is 357 g/mol. The van der Waals surface area contributed by atoms with Crippen LogP contribution in [0.5, 0.6) is 0 Å². The standard InChI is InChI=1S/C19H23N3O2S/c1-21(2)19(24)20-16-9-11-22(12-10-16)18(23)15-7-5-14(6-8-15)17-4-3-13-25-17/h3-8,13,16H,9-12H2,1-2H3,(H,20,24). The molecule has 0 spiro atoms. The summed E-state index contributed by atoms with van der Waals surface area (Å²) in [4.78, 5) is 29.0. The molecule has 25 heavy (non-hydrogen) atoms. The van der Waals surface area contributed by atoms with Gasteiger partial charge in [0.2, 0.25) is 0 Å². The van der Waals surface area contributed by atoms with Crippen LogP contribution in [0.2, 0.25) is 0 Å². The summed E-state index contributed by atoms with van der Waals surface area (Å²) < 4.78 is 0. The summed E-state index contributed by atoms with van der Waals surface area (Å²) in [6.45, 7) is 1.34. The maximum absolute atomic E-state index is 12.7. The Hall–Kier alpha value is -2.34. The van der Waals surface area contributed by atoms with Gasteiger partial charge >= 0.3 is 6.03 Å². The van der Waals surface area contributed by atoms with Crippen molar-refractivity contribution in [3.8, 4) is 10.4 Å². The van der Waals surface area contributed by atoms with Crippen molar-refractivity contribution in [2.24, 2.45) is 0 Å². The van der Waals surface area contributed by atoms with Crippen molar-refractivity contribution in [3.63, 3.8) is 0 Å². The third-order valence-corrected chi connectivity index (χ3v) is 5.37. The van der Waals surface area contributed by atoms with Gasteiger partial charge in [-0.1, -0.05) is 18.2 Å². The van der Waals surface area contributed by atoms with Crippen molar-refractivity contribution in [1.29, 1.82) is 0 Å². The lowest BCUT2D eigenvalue weighted by Crippen LogP contribution is -2.48. The fourth-order valence-electron chi connectivity index (χ4n) is 2.93. The molecule has 0 saturated carbocycles. The zero-order chi connectivity index (χ0) is 17.8. The number of hydrogen-bond donors (Lipinski definition) is 1. The molecule has 0 bridgehead atoms. The molecule has 1 aliphatic heterocycles. The quantitative estimate of drug-likeness (QED) is 0.916. The van der Waals surface area contributed by atoms with Gasteiger partial charge in [-0.3, -0.25) is 4.79 Å². The summed E-state index contributed by atoms with van der Waals surface area (Å²) in [6.07, 6.45) is 1.58. The summed E-state index contributed by atoms with van der Waals surface area (Å²) in [5, 5.41) is 5.04. The molecular weight excluding hydrogens is 334 g/mol. The van der Waals surface area contributed by atoms with Gasteiger partial charge in [0.25, 0.3) is 5.91 Å². The lowest BCUT2D eigenvalue weighted by atomic mass is 10.0. The maximum Gasteiger partial charge on any atom is 0.317 e. The largest absolute Gasteiger partial charge is 0.338 e. The molecule has 1 saturated heterocycles. The predicted octanol–water partition coefficient (Wildman–Crippen LogP) is 3.29. The van der Waals surface area contributed by atoms with E-state index in [1.165, 1.54) is 9.78 Å². The zero-order valence-electron chi connectivity index (χ0n) is 14.6. The molecule has 0 atom stereocenters. The Balaban J connectivity index is 1.56. The number of likely N-dealkylation sites (tertiary alicyclic amines) is 1. The van der Waals surface area contributed by atoms with E-state index in [1.807, 2.05) is 40.6 Å². The maximum atomic E-state index is 12.7. The molecule has 0 radical (unpaired) electrons. The second-order valence-electron chi connectivity index (χ2n) is 6.47. The van der Waals surface area contributed by atoms with Crippen LogP contribution in [0.4, 0.5) is 4.79 Å². The SMILES string of the molecule is CN(C)C(=O)NC1CCN(C(=O)c2ccc(-c3cccs3)cc2)CC1. The Morgan fingerprint density at radius 2 is 1.80 bits per heavy atom. The minimum Gasteiger partial charge on any atom is -0.338 e. The van der Waals surface area contributed by atoms with Gasteiger partial charge in [0.05, 0.1) is 0 Å². The number of hydrogen-bond acceptors (Lipinski definition) is 3. The van der Waals surface area contributed by atoms with Crippen molar-refractivity contribution in [3.05, 3.63) is 47.3 Å². The molecule has 1 fully saturated rings. The van der Waals surface area contributed by atoms with Crippen LogP contribution in [-0.4, -0.2) is 55.0 Å². The van der Waals surface area contributed by atoms with Gasteiger partial charge in [-0.2, -0.15) is 0 Å². The molecule has 2 heterocycles. The Kier molecular flexibility index (Phi) is 5.38. The van der Waals surface area contributed by atoms with Gasteiger partial charge < -0.3 is 15.1 Å². The molecule has 5 nitrogen and oxygen atoms in total. The van der Waals surface area contributed by atoms with E-state index in [-0.39, 0.29) is 18.0 Å². The van der Waals surface area contributed by atoms with Gasteiger partial charge in [0.1, 0.15) is 0 Å². The average Bonchev–Trinajstić information content (AvgIpc) is 3.16. The molecule has 1 N–H and O–H groups in total. The fourth-order valence-corrected chi connectivity index (χ4v) is 3.67. The van der Waals surface area contributed by atoms with E-state index in [0.29, 0.717) is 13.1 Å². The summed E-state index contributed by atoms with van der Waals surface area (Å²) in [5.74, 6) is 0.0649. The van der Waals surface area contributed by atoms with Crippen LogP contribution in [0, 0.1) is 0 Å². The number of rotatable bonds is 3. The smallest absolute Gasteiger partial charge is 0.317 e. The number of thiophene rings is 1. The van der Waals surface area contributed by atoms with E-state index >= 15 is 0 Å². The van der Waals surface area contributed by atoms with Crippen LogP contribution in [-0.2, 0) is 0 Å². The Labute approximate surface area is 152 Å². The number of carbonyl (C=O) groups is 2. The Morgan fingerprint density at radius 1 is 1.12 bits per heavy atom. The highest BCUT2D eigenvalue weighted by Gasteiger charge is 2.24. The lowest BCUT2D eigenvalue weighted by molar-refractivity contribution is 0.0707. The van der Waals surface area contributed by atoms with Crippen molar-refractivity contribution < 1.29 is 9.59 Å². The van der Waals surface area contributed by atoms with Crippen LogP contribution < -0.4 is 5.32 Å². The summed E-state index contributed by atoms with van der Waals surface area (Å²) in [6, 6.07) is 12.0. The molecule has 1 aromatic heterocycles. The number of carbonyl (C=O) groups excluding carboxylic acids is 2. The van der Waals surface area contributed by atoms with E-state index in [1.54, 1.807) is 25.4 Å². The lowest BCUT2D eigenvalue weighted by Gasteiger charge is -2.33. The minimum atomic E-state index is -0.0751. The molecule has 1 aliphatic rings. The molecule has 6 heteroatoms. The Morgan fingerprint density at radius 3 is 2.36 bits per heavy atom. The molecule has 1 aromatic carbocycles. The molecular formula is C19H23N3O2S. The molecule has 3 rings (SSSR count). The van der Waals surface area contributed by atoms with Crippen LogP contribution in [0.25, 0.3) is 10.4 Å². The van der Waals surface area contributed by atoms with Crippen LogP contribution in [0.3, 0.4) is 0 Å². The first-order chi connectivity index (χ1) is 12.0. The normalized spacial score (nSPS) is 15.0. The summed E-state index contributed by atoms with van der Waals surface area (Å²) >= 11 is 1.69. The zero-order valence-corrected chi connectivity index (χ0v) is 15.4. The van der Waals surface area contributed by atoms with Crippen LogP contribution in [0.15, 0.2) is 41.8 Å². The third-order valence-electron chi connectivity index (χ3n) is 4.45. The number of urea groups is 1. The van der Waals surface area contributed by atoms with E-state index < -0.39 is 0 Å². The van der Waals surface area contributed by atoms with Gasteiger partial charge in [-0.25, -0.2) is 4.79 Å². The van der Waals surface area contributed by atoms with Crippen LogP contribution in [0.1, 0.15) is 23.2 Å². The molecule has 0 aliphatic carbocycles. The van der Waals surface area contributed by atoms with E-state index in [9.17, 15) is 9.59 Å². The third kappa shape index (κ3) is 4.20. The monoisotopic (exact) mass is 357 g/mol. The van der Waals surface area contributed by atoms with Gasteiger partial charge in [-0.05, 0) is 42.0 Å². The van der Waals surface area contributed by atoms with Crippen molar-refractivity contribution in [1.82, 2.24) is 15.1 Å². The predicted molar refractivity (Wildman–Crippen MR) is 101 cm³/mol. The minimum absolute atomic E-state index is 0.0649. The van der Waals surface area contributed by atoms with Crippen molar-refractivity contribution >= 4 is 23.3 Å². The number of piperidine rings is 1.